The first-order valence-corrected chi connectivity index (χ1v) is 14.4. The first-order chi connectivity index (χ1) is 20.6. The lowest BCUT2D eigenvalue weighted by Gasteiger charge is -2.45. The maximum Gasteiger partial charge on any atom is 0.254 e. The largest absolute Gasteiger partial charge is 0.496 e. The van der Waals surface area contributed by atoms with Crippen molar-refractivity contribution in [1.29, 1.82) is 5.26 Å². The van der Waals surface area contributed by atoms with Gasteiger partial charge in [-0.2, -0.15) is 5.26 Å². The second kappa shape index (κ2) is 12.3. The molecule has 0 radical (unpaired) electrons. The molecule has 4 aliphatic rings. The lowest BCUT2D eigenvalue weighted by Crippen LogP contribution is -2.56. The minimum absolute atomic E-state index is 0. The van der Waals surface area contributed by atoms with Crippen molar-refractivity contribution in [1.82, 2.24) is 9.88 Å². The second-order valence-electron chi connectivity index (χ2n) is 11.0. The number of methoxy groups -OCH3 is 1. The quantitative estimate of drug-likeness (QED) is 0.264. The van der Waals surface area contributed by atoms with E-state index >= 15 is 0 Å². The van der Waals surface area contributed by atoms with Gasteiger partial charge in [0, 0.05) is 42.8 Å². The van der Waals surface area contributed by atoms with Crippen LogP contribution in [0.25, 0.3) is 33.6 Å². The summed E-state index contributed by atoms with van der Waals surface area (Å²) < 4.78 is 29.4. The number of furan rings is 1. The number of hydrogen-bond acceptors (Lipinski definition) is 8. The Morgan fingerprint density at radius 3 is 2.60 bits per heavy atom. The number of halogens is 1. The van der Waals surface area contributed by atoms with E-state index in [1.54, 1.807) is 19.4 Å². The highest BCUT2D eigenvalue weighted by atomic mass is 35.5. The van der Waals surface area contributed by atoms with Gasteiger partial charge >= 0.3 is 0 Å². The number of pyridine rings is 1. The van der Waals surface area contributed by atoms with Crippen LogP contribution >= 0.6 is 12.4 Å². The highest BCUT2D eigenvalue weighted by Crippen LogP contribution is 2.39. The van der Waals surface area contributed by atoms with E-state index < -0.39 is 0 Å². The molecule has 4 aliphatic heterocycles. The molecule has 4 aromatic rings. The van der Waals surface area contributed by atoms with Gasteiger partial charge in [0.2, 0.25) is 0 Å². The molecule has 9 nitrogen and oxygen atoms in total. The normalized spacial score (nSPS) is 20.0. The average Bonchev–Trinajstić information content (AvgIpc) is 3.50. The van der Waals surface area contributed by atoms with Gasteiger partial charge in [0.1, 0.15) is 34.9 Å². The van der Waals surface area contributed by atoms with Gasteiger partial charge in [0.25, 0.3) is 5.91 Å². The molecule has 2 bridgehead atoms. The number of nitrogens with zero attached hydrogens (tertiary/aromatic N) is 3. The molecule has 1 amide bonds. The average molecular weight is 602 g/mol. The van der Waals surface area contributed by atoms with Crippen LogP contribution in [0.3, 0.4) is 0 Å². The van der Waals surface area contributed by atoms with Gasteiger partial charge in [-0.25, -0.2) is 0 Å². The summed E-state index contributed by atoms with van der Waals surface area (Å²) in [6, 6.07) is 17.2. The molecule has 2 aromatic carbocycles. The third-order valence-electron chi connectivity index (χ3n) is 8.45. The number of benzene rings is 2. The number of amides is 1. The molecule has 0 N–H and O–H groups in total. The molecule has 4 saturated heterocycles. The molecule has 43 heavy (non-hydrogen) atoms. The fourth-order valence-corrected chi connectivity index (χ4v) is 6.15. The Bertz CT molecular complexity index is 1680. The fourth-order valence-electron chi connectivity index (χ4n) is 6.15. The molecule has 10 heteroatoms. The van der Waals surface area contributed by atoms with Crippen LogP contribution in [0.15, 0.2) is 59.1 Å². The van der Waals surface area contributed by atoms with Crippen molar-refractivity contribution in [2.45, 2.75) is 43.9 Å². The van der Waals surface area contributed by atoms with Crippen LogP contribution in [-0.4, -0.2) is 67.5 Å². The number of hydrogen-bond donors (Lipinski definition) is 0. The number of carbonyl (C=O) groups excluding carboxylic acids is 1. The third-order valence-corrected chi connectivity index (χ3v) is 8.45. The van der Waals surface area contributed by atoms with Crippen LogP contribution < -0.4 is 9.47 Å². The number of fused-ring (bicyclic) bond motifs is 4. The first kappa shape index (κ1) is 29.0. The number of morpholine rings is 1. The van der Waals surface area contributed by atoms with E-state index in [2.05, 4.69) is 11.1 Å². The minimum Gasteiger partial charge on any atom is -0.496 e. The van der Waals surface area contributed by atoms with Gasteiger partial charge in [-0.05, 0) is 54.8 Å². The number of rotatable bonds is 6. The maximum atomic E-state index is 13.4. The summed E-state index contributed by atoms with van der Waals surface area (Å²) in [6.07, 6.45) is 5.48. The molecule has 0 aliphatic carbocycles. The lowest BCUT2D eigenvalue weighted by molar-refractivity contribution is -0.0915. The summed E-state index contributed by atoms with van der Waals surface area (Å²) in [4.78, 5) is 19.8. The van der Waals surface area contributed by atoms with Gasteiger partial charge in [0.05, 0.1) is 50.2 Å². The Labute approximate surface area is 255 Å². The minimum atomic E-state index is -0.0102. The van der Waals surface area contributed by atoms with Crippen LogP contribution in [-0.2, 0) is 9.47 Å². The highest BCUT2D eigenvalue weighted by Gasteiger charge is 2.37. The van der Waals surface area contributed by atoms with Crippen molar-refractivity contribution >= 4 is 29.4 Å². The molecule has 2 aromatic heterocycles. The molecule has 4 fully saturated rings. The van der Waals surface area contributed by atoms with Gasteiger partial charge in [-0.3, -0.25) is 9.78 Å². The van der Waals surface area contributed by atoms with E-state index in [9.17, 15) is 10.1 Å². The standard InChI is InChI=1S/C33H31N3O6.ClH/c1-38-30-15-21(33(37)36-18-25-5-4-23(36)19-40-25)2-6-27(30)31-16-28-32(42-31)26(8-11-35-28)20-3-7-29(22(14-20)17-34)41-24-9-12-39-13-10-24;/h2-3,6-8,11,14-16,23-25H,4-5,9-10,12-13,18-19H2,1H3;1H. The monoisotopic (exact) mass is 601 g/mol. The van der Waals surface area contributed by atoms with Crippen molar-refractivity contribution in [2.24, 2.45) is 0 Å². The fraction of sp³-hybridized carbons (Fsp3) is 0.364. The molecule has 222 valence electrons. The third kappa shape index (κ3) is 5.54. The Morgan fingerprint density at radius 2 is 1.88 bits per heavy atom. The smallest absolute Gasteiger partial charge is 0.254 e. The summed E-state index contributed by atoms with van der Waals surface area (Å²) in [5.74, 6) is 1.68. The predicted octanol–water partition coefficient (Wildman–Crippen LogP) is 6.03. The van der Waals surface area contributed by atoms with E-state index in [0.717, 1.165) is 42.4 Å². The molecule has 8 rings (SSSR count). The first-order valence-electron chi connectivity index (χ1n) is 14.4. The molecule has 2 atom stereocenters. The summed E-state index contributed by atoms with van der Waals surface area (Å²) in [5.41, 5.74) is 4.67. The summed E-state index contributed by atoms with van der Waals surface area (Å²) in [6.45, 7) is 2.56. The van der Waals surface area contributed by atoms with Crippen LogP contribution in [0.1, 0.15) is 41.6 Å². The van der Waals surface area contributed by atoms with Crippen molar-refractivity contribution < 1.29 is 28.2 Å². The van der Waals surface area contributed by atoms with Crippen LogP contribution in [0, 0.1) is 11.3 Å². The number of piperidine rings is 1. The summed E-state index contributed by atoms with van der Waals surface area (Å²) in [7, 11) is 1.59. The van der Waals surface area contributed by atoms with Gasteiger partial charge in [0.15, 0.2) is 5.58 Å². The van der Waals surface area contributed by atoms with E-state index in [0.29, 0.717) is 65.9 Å². The highest BCUT2D eigenvalue weighted by molar-refractivity contribution is 5.97. The zero-order chi connectivity index (χ0) is 28.6. The van der Waals surface area contributed by atoms with E-state index in [-0.39, 0.29) is 36.6 Å². The Morgan fingerprint density at radius 1 is 1.02 bits per heavy atom. The van der Waals surface area contributed by atoms with Gasteiger partial charge in [-0.15, -0.1) is 12.4 Å². The van der Waals surface area contributed by atoms with Crippen molar-refractivity contribution in [3.63, 3.8) is 0 Å². The molecule has 0 spiro atoms. The number of nitriles is 1. The van der Waals surface area contributed by atoms with Gasteiger partial charge in [-0.1, -0.05) is 6.07 Å². The molecular formula is C33H32ClN3O6. The van der Waals surface area contributed by atoms with Crippen LogP contribution in [0.5, 0.6) is 11.5 Å². The number of carbonyl (C=O) groups is 1. The maximum absolute atomic E-state index is 13.4. The number of ether oxygens (including phenoxy) is 4. The topological polar surface area (TPSA) is 107 Å². The van der Waals surface area contributed by atoms with Gasteiger partial charge < -0.3 is 28.3 Å². The van der Waals surface area contributed by atoms with Crippen molar-refractivity contribution in [2.75, 3.05) is 33.5 Å². The SMILES string of the molecule is COc1cc(C(=O)N2CC3CCC2CO3)ccc1-c1cc2nccc(-c3ccc(OC4CCOCC4)c(C#N)c3)c2o1.Cl. The van der Waals surface area contributed by atoms with E-state index in [1.165, 1.54) is 0 Å². The van der Waals surface area contributed by atoms with Crippen molar-refractivity contribution in [3.05, 3.63) is 65.9 Å². The molecule has 2 unspecified atom stereocenters. The van der Waals surface area contributed by atoms with E-state index in [1.807, 2.05) is 47.4 Å². The zero-order valence-electron chi connectivity index (χ0n) is 23.8. The Kier molecular flexibility index (Phi) is 8.26. The Hall–Kier alpha value is -4.10. The zero-order valence-corrected chi connectivity index (χ0v) is 24.6. The Balaban J connectivity index is 0.00000329. The summed E-state index contributed by atoms with van der Waals surface area (Å²) >= 11 is 0. The lowest BCUT2D eigenvalue weighted by atomic mass is 9.96. The predicted molar refractivity (Wildman–Crippen MR) is 162 cm³/mol. The van der Waals surface area contributed by atoms with E-state index in [4.69, 9.17) is 23.4 Å². The second-order valence-corrected chi connectivity index (χ2v) is 11.0. The molecular weight excluding hydrogens is 570 g/mol. The van der Waals surface area contributed by atoms with Crippen LogP contribution in [0.4, 0.5) is 0 Å². The summed E-state index contributed by atoms with van der Waals surface area (Å²) in [5, 5.41) is 9.88. The van der Waals surface area contributed by atoms with Crippen LogP contribution in [0.2, 0.25) is 0 Å². The molecule has 6 heterocycles. The van der Waals surface area contributed by atoms with Crippen molar-refractivity contribution in [3.8, 4) is 40.0 Å². The number of aromatic nitrogens is 1. The molecule has 0 saturated carbocycles.